The largest absolute Gasteiger partial charge is 0.326 e. The van der Waals surface area contributed by atoms with Crippen molar-refractivity contribution in [3.63, 3.8) is 0 Å². The lowest BCUT2D eigenvalue weighted by Gasteiger charge is -2.10. The van der Waals surface area contributed by atoms with Crippen molar-refractivity contribution in [2.24, 2.45) is 0 Å². The van der Waals surface area contributed by atoms with Crippen molar-refractivity contribution < 1.29 is 8.78 Å². The third-order valence-electron chi connectivity index (χ3n) is 3.10. The first kappa shape index (κ1) is 13.3. The van der Waals surface area contributed by atoms with Crippen molar-refractivity contribution in [1.82, 2.24) is 9.55 Å². The van der Waals surface area contributed by atoms with Crippen LogP contribution in [0, 0.1) is 11.6 Å². The number of halogens is 2. The van der Waals surface area contributed by atoms with Crippen LogP contribution in [-0.2, 0) is 6.54 Å². The zero-order chi connectivity index (χ0) is 14.7. The van der Waals surface area contributed by atoms with E-state index in [1.807, 2.05) is 30.3 Å². The van der Waals surface area contributed by atoms with Crippen molar-refractivity contribution in [3.8, 4) is 0 Å². The summed E-state index contributed by atoms with van der Waals surface area (Å²) >= 11 is 0. The third-order valence-corrected chi connectivity index (χ3v) is 3.10. The topological polar surface area (TPSA) is 29.9 Å². The van der Waals surface area contributed by atoms with Crippen LogP contribution < -0.4 is 5.32 Å². The predicted octanol–water partition coefficient (Wildman–Crippen LogP) is 3.95. The Hall–Kier alpha value is -2.69. The van der Waals surface area contributed by atoms with E-state index in [4.69, 9.17) is 0 Å². The second kappa shape index (κ2) is 5.75. The van der Waals surface area contributed by atoms with E-state index in [0.717, 1.165) is 11.8 Å². The molecule has 21 heavy (non-hydrogen) atoms. The van der Waals surface area contributed by atoms with Gasteiger partial charge in [0, 0.05) is 29.7 Å². The second-order valence-corrected chi connectivity index (χ2v) is 4.61. The van der Waals surface area contributed by atoms with E-state index < -0.39 is 11.6 Å². The number of hydrogen-bond donors (Lipinski definition) is 1. The van der Waals surface area contributed by atoms with Crippen molar-refractivity contribution in [2.45, 2.75) is 6.54 Å². The average Bonchev–Trinajstić information content (AvgIpc) is 2.90. The first-order valence-corrected chi connectivity index (χ1v) is 6.49. The molecule has 0 atom stereocenters. The molecular weight excluding hydrogens is 272 g/mol. The Morgan fingerprint density at radius 1 is 1.05 bits per heavy atom. The summed E-state index contributed by atoms with van der Waals surface area (Å²) in [6.45, 7) is 0.279. The summed E-state index contributed by atoms with van der Waals surface area (Å²) in [5, 5.41) is 3.16. The highest BCUT2D eigenvalue weighted by Gasteiger charge is 2.08. The SMILES string of the molecule is Fc1ccc(Cn2ccnc2Nc2ccccc2)c(F)c1. The highest BCUT2D eigenvalue weighted by atomic mass is 19.1. The highest BCUT2D eigenvalue weighted by molar-refractivity contribution is 5.53. The lowest BCUT2D eigenvalue weighted by atomic mass is 10.2. The molecule has 0 saturated heterocycles. The lowest BCUT2D eigenvalue weighted by molar-refractivity contribution is 0.567. The molecule has 0 saturated carbocycles. The monoisotopic (exact) mass is 285 g/mol. The number of para-hydroxylation sites is 1. The minimum Gasteiger partial charge on any atom is -0.326 e. The Kier molecular flexibility index (Phi) is 3.64. The molecule has 1 N–H and O–H groups in total. The van der Waals surface area contributed by atoms with Crippen LogP contribution >= 0.6 is 0 Å². The molecular formula is C16H13F2N3. The fourth-order valence-electron chi connectivity index (χ4n) is 2.04. The maximum atomic E-state index is 13.7. The van der Waals surface area contributed by atoms with Gasteiger partial charge in [0.2, 0.25) is 5.95 Å². The number of rotatable bonds is 4. The first-order chi connectivity index (χ1) is 10.2. The van der Waals surface area contributed by atoms with Gasteiger partial charge in [0.05, 0.1) is 6.54 Å². The highest BCUT2D eigenvalue weighted by Crippen LogP contribution is 2.17. The van der Waals surface area contributed by atoms with E-state index in [1.54, 1.807) is 17.0 Å². The van der Waals surface area contributed by atoms with Crippen molar-refractivity contribution in [2.75, 3.05) is 5.32 Å². The van der Waals surface area contributed by atoms with Crippen molar-refractivity contribution >= 4 is 11.6 Å². The Morgan fingerprint density at radius 3 is 2.62 bits per heavy atom. The maximum Gasteiger partial charge on any atom is 0.207 e. The van der Waals surface area contributed by atoms with Gasteiger partial charge in [-0.05, 0) is 18.2 Å². The first-order valence-electron chi connectivity index (χ1n) is 6.49. The molecule has 5 heteroatoms. The number of imidazole rings is 1. The molecule has 0 bridgehead atoms. The number of nitrogens with zero attached hydrogens (tertiary/aromatic N) is 2. The number of benzene rings is 2. The third kappa shape index (κ3) is 3.08. The van der Waals surface area contributed by atoms with E-state index in [2.05, 4.69) is 10.3 Å². The molecule has 0 radical (unpaired) electrons. The minimum absolute atomic E-state index is 0.279. The Morgan fingerprint density at radius 2 is 1.86 bits per heavy atom. The molecule has 0 aliphatic carbocycles. The fraction of sp³-hybridized carbons (Fsp3) is 0.0625. The molecule has 3 aromatic rings. The summed E-state index contributed by atoms with van der Waals surface area (Å²) in [4.78, 5) is 4.21. The van der Waals surface area contributed by atoms with Gasteiger partial charge in [0.15, 0.2) is 0 Å². The molecule has 3 rings (SSSR count). The number of aromatic nitrogens is 2. The van der Waals surface area contributed by atoms with Crippen LogP contribution in [0.4, 0.5) is 20.4 Å². The summed E-state index contributed by atoms with van der Waals surface area (Å²) in [6, 6.07) is 13.2. The molecule has 2 aromatic carbocycles. The smallest absolute Gasteiger partial charge is 0.207 e. The van der Waals surface area contributed by atoms with Crippen LogP contribution in [0.15, 0.2) is 60.9 Å². The maximum absolute atomic E-state index is 13.7. The Bertz CT molecular complexity index is 738. The standard InChI is InChI=1S/C16H13F2N3/c17-13-7-6-12(15(18)10-13)11-21-9-8-19-16(21)20-14-4-2-1-3-5-14/h1-10H,11H2,(H,19,20). The van der Waals surface area contributed by atoms with E-state index in [9.17, 15) is 8.78 Å². The number of hydrogen-bond acceptors (Lipinski definition) is 2. The summed E-state index contributed by atoms with van der Waals surface area (Å²) in [6.07, 6.45) is 3.38. The second-order valence-electron chi connectivity index (χ2n) is 4.61. The lowest BCUT2D eigenvalue weighted by Crippen LogP contribution is -2.06. The van der Waals surface area contributed by atoms with Crippen LogP contribution in [0.3, 0.4) is 0 Å². The molecule has 3 nitrogen and oxygen atoms in total. The van der Waals surface area contributed by atoms with Gasteiger partial charge >= 0.3 is 0 Å². The van der Waals surface area contributed by atoms with Gasteiger partial charge in [-0.1, -0.05) is 24.3 Å². The van der Waals surface area contributed by atoms with E-state index >= 15 is 0 Å². The van der Waals surface area contributed by atoms with Gasteiger partial charge in [0.25, 0.3) is 0 Å². The quantitative estimate of drug-likeness (QED) is 0.786. The summed E-state index contributed by atoms with van der Waals surface area (Å²) in [7, 11) is 0. The van der Waals surface area contributed by atoms with Gasteiger partial charge in [-0.25, -0.2) is 13.8 Å². The van der Waals surface area contributed by atoms with Crippen LogP contribution in [0.5, 0.6) is 0 Å². The fourth-order valence-corrected chi connectivity index (χ4v) is 2.04. The molecule has 0 aliphatic heterocycles. The molecule has 0 aliphatic rings. The molecule has 106 valence electrons. The predicted molar refractivity (Wildman–Crippen MR) is 77.4 cm³/mol. The van der Waals surface area contributed by atoms with E-state index in [1.165, 1.54) is 12.1 Å². The van der Waals surface area contributed by atoms with Crippen LogP contribution in [0.25, 0.3) is 0 Å². The molecule has 1 heterocycles. The average molecular weight is 285 g/mol. The normalized spacial score (nSPS) is 10.6. The summed E-state index contributed by atoms with van der Waals surface area (Å²) in [5.41, 5.74) is 1.30. The van der Waals surface area contributed by atoms with Crippen LogP contribution in [0.2, 0.25) is 0 Å². The molecule has 0 unspecified atom stereocenters. The Labute approximate surface area is 120 Å². The van der Waals surface area contributed by atoms with Gasteiger partial charge in [-0.2, -0.15) is 0 Å². The molecule has 0 amide bonds. The molecule has 1 aromatic heterocycles. The van der Waals surface area contributed by atoms with E-state index in [0.29, 0.717) is 11.5 Å². The van der Waals surface area contributed by atoms with Crippen LogP contribution in [0.1, 0.15) is 5.56 Å². The number of anilines is 2. The Balaban J connectivity index is 1.82. The van der Waals surface area contributed by atoms with Crippen molar-refractivity contribution in [3.05, 3.63) is 78.1 Å². The van der Waals surface area contributed by atoms with Gasteiger partial charge in [-0.3, -0.25) is 0 Å². The van der Waals surface area contributed by atoms with Crippen molar-refractivity contribution in [1.29, 1.82) is 0 Å². The molecule has 0 spiro atoms. The van der Waals surface area contributed by atoms with Gasteiger partial charge in [0.1, 0.15) is 11.6 Å². The van der Waals surface area contributed by atoms with Gasteiger partial charge in [-0.15, -0.1) is 0 Å². The van der Waals surface area contributed by atoms with Crippen LogP contribution in [-0.4, -0.2) is 9.55 Å². The number of nitrogens with one attached hydrogen (secondary N) is 1. The summed E-state index contributed by atoms with van der Waals surface area (Å²) in [5.74, 6) is -0.538. The zero-order valence-corrected chi connectivity index (χ0v) is 11.1. The van der Waals surface area contributed by atoms with E-state index in [-0.39, 0.29) is 6.54 Å². The zero-order valence-electron chi connectivity index (χ0n) is 11.1. The molecule has 0 fully saturated rings. The minimum atomic E-state index is -0.579. The summed E-state index contributed by atoms with van der Waals surface area (Å²) < 4.78 is 28.4. The van der Waals surface area contributed by atoms with Gasteiger partial charge < -0.3 is 9.88 Å².